The minimum absolute atomic E-state index is 0. The van der Waals surface area contributed by atoms with Crippen LogP contribution in [0.1, 0.15) is 47.9 Å². The summed E-state index contributed by atoms with van der Waals surface area (Å²) in [5.41, 5.74) is 13.8. The van der Waals surface area contributed by atoms with Crippen LogP contribution >= 0.6 is 0 Å². The molecule has 2 aliphatic carbocycles. The van der Waals surface area contributed by atoms with Crippen LogP contribution in [-0.2, 0) is 45.8 Å². The van der Waals surface area contributed by atoms with E-state index in [2.05, 4.69) is 94.9 Å². The normalized spacial score (nSPS) is 13.8. The molecule has 269 valence electrons. The molecule has 0 amide bonds. The first-order valence-corrected chi connectivity index (χ1v) is 19.2. The summed E-state index contributed by atoms with van der Waals surface area (Å²) in [7, 11) is 0. The maximum absolute atomic E-state index is 6.24. The number of aromatic nitrogens is 2. The molecule has 55 heavy (non-hydrogen) atoms. The Hall–Kier alpha value is -5.61. The van der Waals surface area contributed by atoms with E-state index in [1.807, 2.05) is 48.8 Å². The second-order valence-corrected chi connectivity index (χ2v) is 14.9. The summed E-state index contributed by atoms with van der Waals surface area (Å²) in [4.78, 5) is 9.31. The summed E-state index contributed by atoms with van der Waals surface area (Å²) in [6, 6.07) is 44.8. The molecule has 0 saturated heterocycles. The Bertz CT molecular complexity index is 2850. The summed E-state index contributed by atoms with van der Waals surface area (Å²) in [5.74, 6) is 0. The van der Waals surface area contributed by atoms with Gasteiger partial charge in [0.1, 0.15) is 22.3 Å². The summed E-state index contributed by atoms with van der Waals surface area (Å²) in [5, 5.41) is 9.38. The van der Waals surface area contributed by atoms with E-state index in [1.54, 1.807) is 0 Å². The average Bonchev–Trinajstić information content (AvgIpc) is 3.76. The van der Waals surface area contributed by atoms with E-state index in [4.69, 9.17) is 8.83 Å². The van der Waals surface area contributed by atoms with Crippen molar-refractivity contribution >= 4 is 65.4 Å². The minimum Gasteiger partial charge on any atom is -0.456 e. The van der Waals surface area contributed by atoms with Gasteiger partial charge in [-0.25, -0.2) is 0 Å². The van der Waals surface area contributed by atoms with Crippen molar-refractivity contribution in [2.24, 2.45) is 0 Å². The molecule has 0 saturated carbocycles. The number of hydrogen-bond donors (Lipinski definition) is 0. The Labute approximate surface area is 332 Å². The number of hydrogen-bond acceptors (Lipinski definition) is 4. The van der Waals surface area contributed by atoms with Gasteiger partial charge in [0.15, 0.2) is 0 Å². The summed E-state index contributed by atoms with van der Waals surface area (Å²) >= 11 is 0. The van der Waals surface area contributed by atoms with E-state index in [9.17, 15) is 0 Å². The molecule has 0 spiro atoms. The van der Waals surface area contributed by atoms with Crippen molar-refractivity contribution in [2.45, 2.75) is 51.4 Å². The average molecular weight is 889 g/mol. The Morgan fingerprint density at radius 3 is 1.24 bits per heavy atom. The van der Waals surface area contributed by atoms with Gasteiger partial charge in [-0.2, -0.15) is 0 Å². The molecule has 4 nitrogen and oxygen atoms in total. The van der Waals surface area contributed by atoms with Crippen molar-refractivity contribution in [3.8, 4) is 22.5 Å². The van der Waals surface area contributed by atoms with E-state index in [0.29, 0.717) is 0 Å². The molecule has 2 aliphatic rings. The monoisotopic (exact) mass is 889 g/mol. The molecule has 6 aromatic carbocycles. The van der Waals surface area contributed by atoms with Gasteiger partial charge in [-0.1, -0.05) is 0 Å². The quantitative estimate of drug-likeness (QED) is 0.162. The fourth-order valence-electron chi connectivity index (χ4n) is 8.85. The van der Waals surface area contributed by atoms with Crippen molar-refractivity contribution in [1.82, 2.24) is 9.97 Å². The van der Waals surface area contributed by atoms with Crippen LogP contribution in [0.2, 0.25) is 0 Å². The zero-order chi connectivity index (χ0) is 35.6. The topological polar surface area (TPSA) is 52.1 Å². The Morgan fingerprint density at radius 2 is 0.818 bits per heavy atom. The van der Waals surface area contributed by atoms with Crippen molar-refractivity contribution < 1.29 is 28.9 Å². The van der Waals surface area contributed by atoms with Crippen LogP contribution in [0.3, 0.4) is 0 Å². The Morgan fingerprint density at radius 1 is 0.418 bits per heavy atom. The number of nitrogens with zero attached hydrogens (tertiary/aromatic N) is 2. The predicted octanol–water partition coefficient (Wildman–Crippen LogP) is 13.0. The van der Waals surface area contributed by atoms with Gasteiger partial charge < -0.3 is 18.8 Å². The fourth-order valence-corrected chi connectivity index (χ4v) is 8.85. The first kappa shape index (κ1) is 33.9. The number of rotatable bonds is 2. The Kier molecular flexibility index (Phi) is 8.58. The van der Waals surface area contributed by atoms with Crippen LogP contribution in [0.25, 0.3) is 87.9 Å². The fraction of sp³-hybridized carbons (Fsp3) is 0.160. The molecule has 0 N–H and O–H groups in total. The molecule has 0 bridgehead atoms. The summed E-state index contributed by atoms with van der Waals surface area (Å²) in [6.07, 6.45) is 13.6. The molecule has 4 aromatic heterocycles. The van der Waals surface area contributed by atoms with Crippen LogP contribution in [0.4, 0.5) is 0 Å². The van der Waals surface area contributed by atoms with Gasteiger partial charge in [0, 0.05) is 54.0 Å². The predicted molar refractivity (Wildman–Crippen MR) is 220 cm³/mol. The molecule has 10 aromatic rings. The molecule has 1 radical (unpaired) electrons. The van der Waals surface area contributed by atoms with Gasteiger partial charge in [-0.05, 0) is 167 Å². The zero-order valence-electron chi connectivity index (χ0n) is 30.2. The third-order valence-corrected chi connectivity index (χ3v) is 11.6. The van der Waals surface area contributed by atoms with Gasteiger partial charge in [0.05, 0.1) is 0 Å². The zero-order valence-corrected chi connectivity index (χ0v) is 32.6. The summed E-state index contributed by atoms with van der Waals surface area (Å²) < 4.78 is 12.5. The number of pyridine rings is 2. The number of fused-ring (bicyclic) bond motifs is 10. The minimum atomic E-state index is 0. The first-order chi connectivity index (χ1) is 26.7. The van der Waals surface area contributed by atoms with Crippen molar-refractivity contribution in [1.29, 1.82) is 0 Å². The van der Waals surface area contributed by atoms with Gasteiger partial charge in [-0.3, -0.25) is 0 Å². The second-order valence-electron chi connectivity index (χ2n) is 14.9. The van der Waals surface area contributed by atoms with E-state index in [-0.39, 0.29) is 20.1 Å². The van der Waals surface area contributed by atoms with Crippen molar-refractivity contribution in [2.75, 3.05) is 0 Å². The molecule has 0 atom stereocenters. The molecular weight excluding hydrogens is 853 g/mol. The smallest absolute Gasteiger partial charge is 0.136 e. The first-order valence-electron chi connectivity index (χ1n) is 19.2. The van der Waals surface area contributed by atoms with Crippen LogP contribution in [0.15, 0.2) is 130 Å². The molecule has 0 fully saturated rings. The third-order valence-electron chi connectivity index (χ3n) is 11.6. The van der Waals surface area contributed by atoms with Crippen LogP contribution < -0.4 is 0 Å². The van der Waals surface area contributed by atoms with Gasteiger partial charge >= 0.3 is 0 Å². The third kappa shape index (κ3) is 5.94. The van der Waals surface area contributed by atoms with Crippen molar-refractivity contribution in [3.05, 3.63) is 156 Å². The second kappa shape index (κ2) is 13.9. The van der Waals surface area contributed by atoms with E-state index in [0.717, 1.165) is 66.4 Å². The largest absolute Gasteiger partial charge is 0.456 e. The van der Waals surface area contributed by atoms with E-state index >= 15 is 0 Å². The van der Waals surface area contributed by atoms with Crippen LogP contribution in [0.5, 0.6) is 0 Å². The molecule has 0 unspecified atom stereocenters. The Balaban J connectivity index is 0.000000133. The molecule has 0 aliphatic heterocycles. The number of furan rings is 2. The van der Waals surface area contributed by atoms with Crippen molar-refractivity contribution in [3.63, 3.8) is 0 Å². The van der Waals surface area contributed by atoms with Crippen LogP contribution in [-0.4, -0.2) is 9.97 Å². The maximum Gasteiger partial charge on any atom is 0.136 e. The van der Waals surface area contributed by atoms with E-state index in [1.165, 1.54) is 95.2 Å². The van der Waals surface area contributed by atoms with Gasteiger partial charge in [-0.15, -0.1) is 71.8 Å². The number of aryl methyl sites for hydroxylation is 4. The molecule has 12 rings (SSSR count). The SMILES string of the molecule is [Ir].[c-]1ccccc1-c1nccc2cc3oc4cc5c(cc4c3cc12)CCCC5.[c-]1ccccc1-c1nccc2cc3oc4cc5c(cc4c3cc12)CCCC5. The summed E-state index contributed by atoms with van der Waals surface area (Å²) in [6.45, 7) is 0. The molecule has 4 heterocycles. The molecular formula is C50H36IrN2O2-2. The van der Waals surface area contributed by atoms with Gasteiger partial charge in [0.25, 0.3) is 0 Å². The molecule has 5 heteroatoms. The number of benzene rings is 6. The standard InChI is InChI=1S/2C25H18NO.Ir/c2*1-2-6-16(7-3-1)25-20-15-22-21-12-17-8-4-5-9-18(17)13-23(21)27-24(22)14-19(20)10-11-26-25;/h2*1-3,6,10-15H,4-5,8-9H2;/q2*-1;. The van der Waals surface area contributed by atoms with E-state index < -0.39 is 0 Å². The maximum atomic E-state index is 6.24. The van der Waals surface area contributed by atoms with Crippen LogP contribution in [0, 0.1) is 12.1 Å². The van der Waals surface area contributed by atoms with Gasteiger partial charge in [0.2, 0.25) is 0 Å².